The van der Waals surface area contributed by atoms with Crippen LogP contribution in [0.2, 0.25) is 0 Å². The predicted octanol–water partition coefficient (Wildman–Crippen LogP) is 3.21. The number of aromatic carboxylic acids is 1. The first-order valence-electron chi connectivity index (χ1n) is 6.08. The fourth-order valence-electron chi connectivity index (χ4n) is 1.93. The summed E-state index contributed by atoms with van der Waals surface area (Å²) in [6.45, 7) is 1.91. The summed E-state index contributed by atoms with van der Waals surface area (Å²) in [5.74, 6) is -1.72. The maximum atomic E-state index is 13.8. The lowest BCUT2D eigenvalue weighted by Gasteiger charge is -2.16. The summed E-state index contributed by atoms with van der Waals surface area (Å²) in [5, 5.41) is 14.0. The number of hydrogen-bond acceptors (Lipinski definition) is 4. The molecule has 0 aliphatic rings. The van der Waals surface area contributed by atoms with Crippen molar-refractivity contribution in [2.24, 2.45) is 0 Å². The summed E-state index contributed by atoms with van der Waals surface area (Å²) >= 11 is 1.63. The fourth-order valence-corrected chi connectivity index (χ4v) is 2.77. The number of nitrogens with two attached hydrogens (primary N) is 1. The molecule has 4 N–H and O–H groups in total. The third-order valence-electron chi connectivity index (χ3n) is 2.86. The number of halogens is 1. The van der Waals surface area contributed by atoms with Crippen molar-refractivity contribution in [3.63, 3.8) is 0 Å². The smallest absolute Gasteiger partial charge is 0.337 e. The molecule has 1 aromatic heterocycles. The lowest BCUT2D eigenvalue weighted by Crippen LogP contribution is -2.19. The van der Waals surface area contributed by atoms with E-state index in [9.17, 15) is 9.18 Å². The number of hydrogen-bond donors (Lipinski definition) is 3. The minimum absolute atomic E-state index is 0.0200. The van der Waals surface area contributed by atoms with Gasteiger partial charge in [-0.2, -0.15) is 0 Å². The van der Waals surface area contributed by atoms with E-state index in [0.717, 1.165) is 12.5 Å². The second-order valence-electron chi connectivity index (χ2n) is 4.55. The van der Waals surface area contributed by atoms with Crippen LogP contribution < -0.4 is 11.1 Å². The van der Waals surface area contributed by atoms with Crippen LogP contribution in [0.25, 0.3) is 0 Å². The van der Waals surface area contributed by atoms with E-state index in [1.54, 1.807) is 11.3 Å². The Balaban J connectivity index is 2.16. The first kappa shape index (κ1) is 14.3. The van der Waals surface area contributed by atoms with E-state index in [1.807, 2.05) is 24.4 Å². The normalized spacial score (nSPS) is 12.1. The topological polar surface area (TPSA) is 75.3 Å². The highest BCUT2D eigenvalue weighted by Crippen LogP contribution is 2.23. The number of carboxylic acid groups (broad SMARTS) is 1. The third kappa shape index (κ3) is 3.27. The Hall–Kier alpha value is -2.08. The molecule has 1 aromatic carbocycles. The first-order valence-corrected chi connectivity index (χ1v) is 6.96. The zero-order chi connectivity index (χ0) is 14.7. The highest BCUT2D eigenvalue weighted by atomic mass is 32.1. The van der Waals surface area contributed by atoms with Crippen molar-refractivity contribution in [3.8, 4) is 0 Å². The molecule has 1 unspecified atom stereocenters. The summed E-state index contributed by atoms with van der Waals surface area (Å²) in [6.07, 6.45) is 0.740. The molecule has 2 rings (SSSR count). The van der Waals surface area contributed by atoms with Gasteiger partial charge in [-0.15, -0.1) is 11.3 Å². The third-order valence-corrected chi connectivity index (χ3v) is 3.76. The monoisotopic (exact) mass is 294 g/mol. The van der Waals surface area contributed by atoms with E-state index in [0.29, 0.717) is 0 Å². The number of rotatable bonds is 5. The van der Waals surface area contributed by atoms with Crippen LogP contribution in [-0.2, 0) is 6.42 Å². The van der Waals surface area contributed by atoms with Crippen LogP contribution in [0.1, 0.15) is 22.2 Å². The summed E-state index contributed by atoms with van der Waals surface area (Å²) in [6, 6.07) is 6.21. The van der Waals surface area contributed by atoms with Gasteiger partial charge in [0.15, 0.2) is 0 Å². The largest absolute Gasteiger partial charge is 0.478 e. The maximum absolute atomic E-state index is 13.8. The maximum Gasteiger partial charge on any atom is 0.337 e. The van der Waals surface area contributed by atoms with Crippen molar-refractivity contribution in [3.05, 3.63) is 45.9 Å². The second-order valence-corrected chi connectivity index (χ2v) is 5.59. The Morgan fingerprint density at radius 1 is 1.55 bits per heavy atom. The highest BCUT2D eigenvalue weighted by molar-refractivity contribution is 7.09. The SMILES string of the molecule is CC(Cc1cccs1)Nc1cc(C(=O)O)c(N)cc1F. The van der Waals surface area contributed by atoms with Crippen molar-refractivity contribution < 1.29 is 14.3 Å². The Kier molecular flexibility index (Phi) is 4.24. The van der Waals surface area contributed by atoms with Gasteiger partial charge in [0.2, 0.25) is 0 Å². The van der Waals surface area contributed by atoms with Crippen molar-refractivity contribution >= 4 is 28.7 Å². The van der Waals surface area contributed by atoms with Crippen LogP contribution in [0, 0.1) is 5.82 Å². The molecule has 0 aliphatic carbocycles. The molecule has 0 aliphatic heterocycles. The molecule has 1 heterocycles. The van der Waals surface area contributed by atoms with Gasteiger partial charge in [0, 0.05) is 23.0 Å². The van der Waals surface area contributed by atoms with Gasteiger partial charge in [-0.25, -0.2) is 9.18 Å². The van der Waals surface area contributed by atoms with Gasteiger partial charge in [0.25, 0.3) is 0 Å². The molecule has 0 amide bonds. The number of benzene rings is 1. The number of thiophene rings is 1. The molecule has 2 aromatic rings. The number of carboxylic acids is 1. The quantitative estimate of drug-likeness (QED) is 0.740. The molecular weight excluding hydrogens is 279 g/mol. The van der Waals surface area contributed by atoms with Gasteiger partial charge in [-0.3, -0.25) is 0 Å². The van der Waals surface area contributed by atoms with Crippen LogP contribution in [0.4, 0.5) is 15.8 Å². The minimum Gasteiger partial charge on any atom is -0.478 e. The number of anilines is 2. The van der Waals surface area contributed by atoms with Crippen LogP contribution in [-0.4, -0.2) is 17.1 Å². The van der Waals surface area contributed by atoms with Gasteiger partial charge in [-0.05, 0) is 30.5 Å². The van der Waals surface area contributed by atoms with E-state index < -0.39 is 11.8 Å². The van der Waals surface area contributed by atoms with Crippen LogP contribution in [0.3, 0.4) is 0 Å². The summed E-state index contributed by atoms with van der Waals surface area (Å²) in [4.78, 5) is 12.2. The second kappa shape index (κ2) is 5.92. The van der Waals surface area contributed by atoms with E-state index in [1.165, 1.54) is 10.9 Å². The van der Waals surface area contributed by atoms with Crippen LogP contribution >= 0.6 is 11.3 Å². The van der Waals surface area contributed by atoms with Gasteiger partial charge >= 0.3 is 5.97 Å². The summed E-state index contributed by atoms with van der Waals surface area (Å²) < 4.78 is 13.8. The fraction of sp³-hybridized carbons (Fsp3) is 0.214. The molecule has 0 saturated carbocycles. The molecule has 4 nitrogen and oxygen atoms in total. The average Bonchev–Trinajstić information content (AvgIpc) is 2.84. The summed E-state index contributed by atoms with van der Waals surface area (Å²) in [7, 11) is 0. The van der Waals surface area contributed by atoms with Crippen LogP contribution in [0.5, 0.6) is 0 Å². The molecule has 0 fully saturated rings. The van der Waals surface area contributed by atoms with Crippen molar-refractivity contribution in [1.29, 1.82) is 0 Å². The Labute approximate surface area is 120 Å². The summed E-state index contributed by atoms with van der Waals surface area (Å²) in [5.41, 5.74) is 5.46. The number of carbonyl (C=O) groups is 1. The molecule has 0 spiro atoms. The Bertz CT molecular complexity index is 614. The van der Waals surface area contributed by atoms with Gasteiger partial charge in [-0.1, -0.05) is 6.07 Å². The Morgan fingerprint density at radius 2 is 2.30 bits per heavy atom. The van der Waals surface area contributed by atoms with Crippen LogP contribution in [0.15, 0.2) is 29.6 Å². The van der Waals surface area contributed by atoms with E-state index in [2.05, 4.69) is 5.32 Å². The zero-order valence-electron chi connectivity index (χ0n) is 10.9. The highest BCUT2D eigenvalue weighted by Gasteiger charge is 2.15. The van der Waals surface area contributed by atoms with Gasteiger partial charge in [0.1, 0.15) is 5.82 Å². The van der Waals surface area contributed by atoms with E-state index >= 15 is 0 Å². The molecule has 6 heteroatoms. The van der Waals surface area contributed by atoms with Gasteiger partial charge in [0.05, 0.1) is 11.3 Å². The molecular formula is C14H15FN2O2S. The van der Waals surface area contributed by atoms with E-state index in [4.69, 9.17) is 10.8 Å². The molecule has 20 heavy (non-hydrogen) atoms. The standard InChI is InChI=1S/C14H15FN2O2S/c1-8(5-9-3-2-4-20-9)17-13-6-10(14(18)19)12(16)7-11(13)15/h2-4,6-8,17H,5,16H2,1H3,(H,18,19). The zero-order valence-corrected chi connectivity index (χ0v) is 11.7. The minimum atomic E-state index is -1.17. The van der Waals surface area contributed by atoms with Crippen molar-refractivity contribution in [2.45, 2.75) is 19.4 Å². The molecule has 0 radical (unpaired) electrons. The molecule has 106 valence electrons. The number of nitrogen functional groups attached to an aromatic ring is 1. The lowest BCUT2D eigenvalue weighted by atomic mass is 10.1. The first-order chi connectivity index (χ1) is 9.47. The molecule has 1 atom stereocenters. The average molecular weight is 294 g/mol. The van der Waals surface area contributed by atoms with E-state index in [-0.39, 0.29) is 23.0 Å². The van der Waals surface area contributed by atoms with Gasteiger partial charge < -0.3 is 16.2 Å². The van der Waals surface area contributed by atoms with Crippen molar-refractivity contribution in [1.82, 2.24) is 0 Å². The van der Waals surface area contributed by atoms with Crippen molar-refractivity contribution in [2.75, 3.05) is 11.1 Å². The lowest BCUT2D eigenvalue weighted by molar-refractivity contribution is 0.0698. The molecule has 0 bridgehead atoms. The predicted molar refractivity (Wildman–Crippen MR) is 78.9 cm³/mol. The molecule has 0 saturated heterocycles. The number of nitrogens with one attached hydrogen (secondary N) is 1. The Morgan fingerprint density at radius 3 is 2.90 bits per heavy atom.